The zero-order valence-electron chi connectivity index (χ0n) is 5.41. The van der Waals surface area contributed by atoms with E-state index in [0.29, 0.717) is 11.1 Å². The third kappa shape index (κ3) is 1.15. The summed E-state index contributed by atoms with van der Waals surface area (Å²) < 4.78 is 0. The number of nitrogens with zero attached hydrogens (tertiary/aromatic N) is 1. The minimum absolute atomic E-state index is 0.0657. The molecule has 50 valence electrons. The van der Waals surface area contributed by atoms with Crippen LogP contribution in [0.1, 0.15) is 11.1 Å². The Morgan fingerprint density at radius 2 is 2.10 bits per heavy atom. The van der Waals surface area contributed by atoms with E-state index in [1.165, 1.54) is 0 Å². The Hall–Kier alpha value is -1.33. The topological polar surface area (TPSA) is 44.0 Å². The van der Waals surface area contributed by atoms with Gasteiger partial charge in [-0.15, -0.1) is 0 Å². The van der Waals surface area contributed by atoms with Crippen LogP contribution in [-0.2, 0) is 6.61 Å². The maximum atomic E-state index is 8.70. The van der Waals surface area contributed by atoms with Crippen molar-refractivity contribution >= 4 is 0 Å². The maximum Gasteiger partial charge on any atom is 0.0995 e. The van der Waals surface area contributed by atoms with E-state index in [-0.39, 0.29) is 6.61 Å². The van der Waals surface area contributed by atoms with Crippen LogP contribution in [0.4, 0.5) is 0 Å². The van der Waals surface area contributed by atoms with Gasteiger partial charge in [0, 0.05) is 0 Å². The first-order valence-corrected chi connectivity index (χ1v) is 2.97. The average Bonchev–Trinajstić information content (AvgIpc) is 2.04. The second kappa shape index (κ2) is 3.00. The Morgan fingerprint density at radius 1 is 1.40 bits per heavy atom. The van der Waals surface area contributed by atoms with E-state index in [4.69, 9.17) is 10.4 Å². The fourth-order valence-electron chi connectivity index (χ4n) is 0.767. The molecule has 0 aliphatic heterocycles. The summed E-state index contributed by atoms with van der Waals surface area (Å²) in [5, 5.41) is 17.2. The molecule has 0 aromatic heterocycles. The molecule has 0 amide bonds. The first kappa shape index (κ1) is 6.79. The van der Waals surface area contributed by atoms with Crippen molar-refractivity contribution < 1.29 is 5.11 Å². The molecule has 2 nitrogen and oxygen atoms in total. The van der Waals surface area contributed by atoms with E-state index in [1.807, 2.05) is 6.07 Å². The van der Waals surface area contributed by atoms with Gasteiger partial charge in [-0.1, -0.05) is 18.2 Å². The van der Waals surface area contributed by atoms with Gasteiger partial charge in [-0.05, 0) is 11.6 Å². The molecule has 0 unspecified atom stereocenters. The number of hydrogen-bond donors (Lipinski definition) is 1. The number of hydrogen-bond acceptors (Lipinski definition) is 2. The summed E-state index contributed by atoms with van der Waals surface area (Å²) in [5.74, 6) is 0. The number of aliphatic hydroxyl groups excluding tert-OH is 1. The standard InChI is InChI=1S/C8H7NO/c9-5-7-3-1-2-4-8(7)6-10/h1-4,10H,6H2. The molecule has 0 aliphatic rings. The normalized spacial score (nSPS) is 8.80. The first-order valence-electron chi connectivity index (χ1n) is 2.97. The van der Waals surface area contributed by atoms with Gasteiger partial charge >= 0.3 is 0 Å². The molecule has 0 heterocycles. The van der Waals surface area contributed by atoms with Crippen molar-refractivity contribution in [1.29, 1.82) is 5.26 Å². The van der Waals surface area contributed by atoms with Crippen molar-refractivity contribution in [1.82, 2.24) is 0 Å². The lowest BCUT2D eigenvalue weighted by Gasteiger charge is -1.95. The van der Waals surface area contributed by atoms with E-state index >= 15 is 0 Å². The van der Waals surface area contributed by atoms with Crippen LogP contribution in [-0.4, -0.2) is 5.11 Å². The average molecular weight is 133 g/mol. The van der Waals surface area contributed by atoms with Crippen LogP contribution in [0.25, 0.3) is 0 Å². The molecule has 0 saturated heterocycles. The van der Waals surface area contributed by atoms with E-state index in [0.717, 1.165) is 0 Å². The Bertz CT molecular complexity index is 262. The quantitative estimate of drug-likeness (QED) is 0.622. The molecule has 0 saturated carbocycles. The molecule has 1 aromatic carbocycles. The summed E-state index contributed by atoms with van der Waals surface area (Å²) >= 11 is 0. The molecule has 0 fully saturated rings. The van der Waals surface area contributed by atoms with Gasteiger partial charge in [-0.2, -0.15) is 5.26 Å². The van der Waals surface area contributed by atoms with Gasteiger partial charge in [-0.3, -0.25) is 0 Å². The molecule has 1 N–H and O–H groups in total. The third-order valence-electron chi connectivity index (χ3n) is 1.31. The van der Waals surface area contributed by atoms with Crippen molar-refractivity contribution in [2.24, 2.45) is 0 Å². The van der Waals surface area contributed by atoms with Crippen LogP contribution < -0.4 is 0 Å². The van der Waals surface area contributed by atoms with E-state index in [2.05, 4.69) is 0 Å². The first-order chi connectivity index (χ1) is 4.88. The van der Waals surface area contributed by atoms with Crippen molar-refractivity contribution in [3.63, 3.8) is 0 Å². The van der Waals surface area contributed by atoms with E-state index in [1.54, 1.807) is 24.3 Å². The lowest BCUT2D eigenvalue weighted by atomic mass is 10.1. The maximum absolute atomic E-state index is 8.70. The summed E-state index contributed by atoms with van der Waals surface area (Å²) in [6.45, 7) is -0.0657. The van der Waals surface area contributed by atoms with Gasteiger partial charge in [0.1, 0.15) is 0 Å². The Kier molecular flexibility index (Phi) is 2.03. The molecule has 0 radical (unpaired) electrons. The molecular formula is C8H7NO. The lowest BCUT2D eigenvalue weighted by molar-refractivity contribution is 0.281. The summed E-state index contributed by atoms with van der Waals surface area (Å²) in [5.41, 5.74) is 1.23. The van der Waals surface area contributed by atoms with Gasteiger partial charge in [0.25, 0.3) is 0 Å². The fourth-order valence-corrected chi connectivity index (χ4v) is 0.767. The minimum atomic E-state index is -0.0657. The SMILES string of the molecule is N#Cc1ccccc1CO. The van der Waals surface area contributed by atoms with Crippen LogP contribution in [0, 0.1) is 11.3 Å². The Morgan fingerprint density at radius 3 is 2.60 bits per heavy atom. The largest absolute Gasteiger partial charge is 0.392 e. The summed E-state index contributed by atoms with van der Waals surface area (Å²) in [4.78, 5) is 0. The smallest absolute Gasteiger partial charge is 0.0995 e. The van der Waals surface area contributed by atoms with Crippen molar-refractivity contribution in [3.8, 4) is 6.07 Å². The van der Waals surface area contributed by atoms with Crippen molar-refractivity contribution in [2.75, 3.05) is 0 Å². The number of aliphatic hydroxyl groups is 1. The highest BCUT2D eigenvalue weighted by molar-refractivity contribution is 5.36. The zero-order valence-corrected chi connectivity index (χ0v) is 5.41. The van der Waals surface area contributed by atoms with Crippen LogP contribution in [0.2, 0.25) is 0 Å². The summed E-state index contributed by atoms with van der Waals surface area (Å²) in [7, 11) is 0. The molecule has 1 rings (SSSR count). The van der Waals surface area contributed by atoms with Gasteiger partial charge in [-0.25, -0.2) is 0 Å². The van der Waals surface area contributed by atoms with Crippen LogP contribution in [0.3, 0.4) is 0 Å². The highest BCUT2D eigenvalue weighted by Crippen LogP contribution is 2.05. The molecule has 0 spiro atoms. The van der Waals surface area contributed by atoms with E-state index < -0.39 is 0 Å². The highest BCUT2D eigenvalue weighted by Gasteiger charge is 1.95. The number of benzene rings is 1. The van der Waals surface area contributed by atoms with Crippen LogP contribution >= 0.6 is 0 Å². The zero-order chi connectivity index (χ0) is 7.40. The molecule has 10 heavy (non-hydrogen) atoms. The Balaban J connectivity index is 3.12. The third-order valence-corrected chi connectivity index (χ3v) is 1.31. The Labute approximate surface area is 59.3 Å². The van der Waals surface area contributed by atoms with Crippen LogP contribution in [0.5, 0.6) is 0 Å². The van der Waals surface area contributed by atoms with E-state index in [9.17, 15) is 0 Å². The van der Waals surface area contributed by atoms with Crippen molar-refractivity contribution in [3.05, 3.63) is 35.4 Å². The summed E-state index contributed by atoms with van der Waals surface area (Å²) in [6, 6.07) is 8.98. The second-order valence-electron chi connectivity index (χ2n) is 1.93. The predicted molar refractivity (Wildman–Crippen MR) is 37.1 cm³/mol. The van der Waals surface area contributed by atoms with Crippen molar-refractivity contribution in [2.45, 2.75) is 6.61 Å². The molecule has 0 bridgehead atoms. The molecule has 2 heteroatoms. The molecule has 0 aliphatic carbocycles. The molecule has 1 aromatic rings. The van der Waals surface area contributed by atoms with Gasteiger partial charge in [0.2, 0.25) is 0 Å². The van der Waals surface area contributed by atoms with Gasteiger partial charge in [0.05, 0.1) is 18.2 Å². The van der Waals surface area contributed by atoms with Crippen LogP contribution in [0.15, 0.2) is 24.3 Å². The number of nitriles is 1. The van der Waals surface area contributed by atoms with Gasteiger partial charge < -0.3 is 5.11 Å². The number of rotatable bonds is 1. The minimum Gasteiger partial charge on any atom is -0.392 e. The lowest BCUT2D eigenvalue weighted by Crippen LogP contribution is -1.86. The highest BCUT2D eigenvalue weighted by atomic mass is 16.3. The van der Waals surface area contributed by atoms with Gasteiger partial charge in [0.15, 0.2) is 0 Å². The monoisotopic (exact) mass is 133 g/mol. The summed E-state index contributed by atoms with van der Waals surface area (Å²) in [6.07, 6.45) is 0. The fraction of sp³-hybridized carbons (Fsp3) is 0.125. The molecular weight excluding hydrogens is 126 g/mol. The predicted octanol–water partition coefficient (Wildman–Crippen LogP) is 1.05. The molecule has 0 atom stereocenters. The second-order valence-corrected chi connectivity index (χ2v) is 1.93.